The van der Waals surface area contributed by atoms with E-state index in [1.54, 1.807) is 41.3 Å². The van der Waals surface area contributed by atoms with Crippen LogP contribution in [-0.2, 0) is 4.74 Å². The lowest BCUT2D eigenvalue weighted by Gasteiger charge is -2.27. The van der Waals surface area contributed by atoms with Gasteiger partial charge >= 0.3 is 0 Å². The van der Waals surface area contributed by atoms with Gasteiger partial charge in [-0.2, -0.15) is 0 Å². The summed E-state index contributed by atoms with van der Waals surface area (Å²) in [5.41, 5.74) is 1.15. The number of carbonyl (C=O) groups excluding carboxylic acids is 1. The molecule has 0 radical (unpaired) electrons. The first-order chi connectivity index (χ1) is 13.6. The number of halogens is 1. The van der Waals surface area contributed by atoms with Gasteiger partial charge in [0.2, 0.25) is 5.76 Å². The van der Waals surface area contributed by atoms with Crippen molar-refractivity contribution in [2.45, 2.75) is 25.0 Å². The minimum atomic E-state index is -0.617. The van der Waals surface area contributed by atoms with Crippen LogP contribution in [-0.4, -0.2) is 30.1 Å². The van der Waals surface area contributed by atoms with Crippen molar-refractivity contribution in [3.8, 4) is 0 Å². The standard InChI is InChI=1S/C22H18FNO4/c23-14-9-7-13(8-10-14)19-18-20(25)16-5-1-2-6-17(16)28-21(18)22(26)24(19)12-15-4-3-11-27-15/h1-2,5-10,15,19H,3-4,11-12H2/t15-,19-/m0/s1. The first kappa shape index (κ1) is 17.1. The molecule has 2 atom stereocenters. The van der Waals surface area contributed by atoms with Crippen LogP contribution in [0, 0.1) is 5.82 Å². The summed E-state index contributed by atoms with van der Waals surface area (Å²) in [7, 11) is 0. The fourth-order valence-corrected chi connectivity index (χ4v) is 4.15. The Bertz CT molecular complexity index is 1120. The third-order valence-electron chi connectivity index (χ3n) is 5.48. The van der Waals surface area contributed by atoms with Gasteiger partial charge in [0.15, 0.2) is 5.43 Å². The highest BCUT2D eigenvalue weighted by Crippen LogP contribution is 2.38. The smallest absolute Gasteiger partial charge is 0.291 e. The average molecular weight is 379 g/mol. The lowest BCUT2D eigenvalue weighted by Crippen LogP contribution is -2.36. The summed E-state index contributed by atoms with van der Waals surface area (Å²) in [6, 6.07) is 12.2. The highest BCUT2D eigenvalue weighted by atomic mass is 19.1. The highest BCUT2D eigenvalue weighted by Gasteiger charge is 2.43. The molecular formula is C22H18FNO4. The maximum Gasteiger partial charge on any atom is 0.291 e. The Morgan fingerprint density at radius 2 is 1.86 bits per heavy atom. The Balaban J connectivity index is 1.70. The maximum atomic E-state index is 13.5. The van der Waals surface area contributed by atoms with Gasteiger partial charge in [0.25, 0.3) is 5.91 Å². The van der Waals surface area contributed by atoms with Crippen LogP contribution in [0.4, 0.5) is 4.39 Å². The van der Waals surface area contributed by atoms with Gasteiger partial charge in [0.1, 0.15) is 11.4 Å². The minimum Gasteiger partial charge on any atom is -0.450 e. The number of fused-ring (bicyclic) bond motifs is 2. The van der Waals surface area contributed by atoms with Gasteiger partial charge in [0, 0.05) is 13.2 Å². The molecular weight excluding hydrogens is 361 g/mol. The third-order valence-corrected chi connectivity index (χ3v) is 5.48. The second kappa shape index (κ2) is 6.56. The largest absolute Gasteiger partial charge is 0.450 e. The van der Waals surface area contributed by atoms with E-state index in [1.807, 2.05) is 0 Å². The van der Waals surface area contributed by atoms with Gasteiger partial charge in [-0.05, 0) is 42.7 Å². The monoisotopic (exact) mass is 379 g/mol. The van der Waals surface area contributed by atoms with Gasteiger partial charge < -0.3 is 14.1 Å². The van der Waals surface area contributed by atoms with Crippen LogP contribution in [0.25, 0.3) is 11.0 Å². The molecule has 1 amide bonds. The highest BCUT2D eigenvalue weighted by molar-refractivity contribution is 5.99. The van der Waals surface area contributed by atoms with Crippen molar-refractivity contribution < 1.29 is 18.3 Å². The zero-order valence-corrected chi connectivity index (χ0v) is 15.1. The molecule has 2 aromatic carbocycles. The van der Waals surface area contributed by atoms with Crippen LogP contribution >= 0.6 is 0 Å². The summed E-state index contributed by atoms with van der Waals surface area (Å²) in [5.74, 6) is -0.636. The molecule has 3 heterocycles. The molecule has 5 nitrogen and oxygen atoms in total. The molecule has 0 unspecified atom stereocenters. The number of ether oxygens (including phenoxy) is 1. The van der Waals surface area contributed by atoms with E-state index in [0.29, 0.717) is 35.2 Å². The number of rotatable bonds is 3. The number of para-hydroxylation sites is 1. The Morgan fingerprint density at radius 3 is 2.61 bits per heavy atom. The van der Waals surface area contributed by atoms with E-state index in [4.69, 9.17) is 9.15 Å². The quantitative estimate of drug-likeness (QED) is 0.697. The zero-order chi connectivity index (χ0) is 19.3. The first-order valence-corrected chi connectivity index (χ1v) is 9.37. The Kier molecular flexibility index (Phi) is 4.02. The van der Waals surface area contributed by atoms with Crippen LogP contribution in [0.3, 0.4) is 0 Å². The number of carbonyl (C=O) groups is 1. The Hall–Kier alpha value is -2.99. The van der Waals surface area contributed by atoms with E-state index in [2.05, 4.69) is 0 Å². The van der Waals surface area contributed by atoms with Gasteiger partial charge in [0.05, 0.1) is 23.1 Å². The summed E-state index contributed by atoms with van der Waals surface area (Å²) in [6.45, 7) is 1.03. The fraction of sp³-hybridized carbons (Fsp3) is 0.273. The van der Waals surface area contributed by atoms with Crippen LogP contribution in [0.1, 0.15) is 40.6 Å². The van der Waals surface area contributed by atoms with Gasteiger partial charge in [-0.1, -0.05) is 24.3 Å². The molecule has 0 N–H and O–H groups in total. The van der Waals surface area contributed by atoms with Crippen molar-refractivity contribution >= 4 is 16.9 Å². The van der Waals surface area contributed by atoms with Crippen molar-refractivity contribution in [3.63, 3.8) is 0 Å². The van der Waals surface area contributed by atoms with E-state index < -0.39 is 6.04 Å². The molecule has 2 aliphatic heterocycles. The lowest BCUT2D eigenvalue weighted by atomic mass is 9.98. The van der Waals surface area contributed by atoms with Gasteiger partial charge in [-0.15, -0.1) is 0 Å². The third kappa shape index (κ3) is 2.64. The molecule has 1 saturated heterocycles. The minimum absolute atomic E-state index is 0.0658. The second-order valence-electron chi connectivity index (χ2n) is 7.22. The lowest BCUT2D eigenvalue weighted by molar-refractivity contribution is 0.0486. The number of hydrogen-bond acceptors (Lipinski definition) is 4. The van der Waals surface area contributed by atoms with Crippen molar-refractivity contribution in [2.75, 3.05) is 13.2 Å². The van der Waals surface area contributed by atoms with Crippen LogP contribution in [0.5, 0.6) is 0 Å². The molecule has 1 aromatic heterocycles. The van der Waals surface area contributed by atoms with Crippen molar-refractivity contribution in [1.29, 1.82) is 0 Å². The predicted octanol–water partition coefficient (Wildman–Crippen LogP) is 3.66. The summed E-state index contributed by atoms with van der Waals surface area (Å²) in [5, 5.41) is 0.431. The van der Waals surface area contributed by atoms with E-state index in [1.165, 1.54) is 12.1 Å². The van der Waals surface area contributed by atoms with Gasteiger partial charge in [-0.25, -0.2) is 4.39 Å². The topological polar surface area (TPSA) is 59.8 Å². The van der Waals surface area contributed by atoms with Crippen LogP contribution in [0.2, 0.25) is 0 Å². The van der Waals surface area contributed by atoms with Crippen molar-refractivity contribution in [2.24, 2.45) is 0 Å². The maximum absolute atomic E-state index is 13.5. The summed E-state index contributed by atoms with van der Waals surface area (Å²) >= 11 is 0. The number of benzene rings is 2. The zero-order valence-electron chi connectivity index (χ0n) is 15.1. The van der Waals surface area contributed by atoms with Crippen LogP contribution in [0.15, 0.2) is 57.7 Å². The SMILES string of the molecule is O=C1c2oc3ccccc3c(=O)c2[C@H](c2ccc(F)cc2)N1C[C@@H]1CCCO1. The van der Waals surface area contributed by atoms with Crippen molar-refractivity contribution in [1.82, 2.24) is 4.90 Å². The van der Waals surface area contributed by atoms with E-state index in [-0.39, 0.29) is 29.0 Å². The normalized spacial score (nSPS) is 21.5. The fourth-order valence-electron chi connectivity index (χ4n) is 4.15. The predicted molar refractivity (Wildman–Crippen MR) is 101 cm³/mol. The van der Waals surface area contributed by atoms with Crippen LogP contribution < -0.4 is 5.43 Å². The number of hydrogen-bond donors (Lipinski definition) is 0. The van der Waals surface area contributed by atoms with Gasteiger partial charge in [-0.3, -0.25) is 9.59 Å². The Labute approximate surface area is 160 Å². The first-order valence-electron chi connectivity index (χ1n) is 9.37. The number of amides is 1. The molecule has 0 spiro atoms. The molecule has 3 aromatic rings. The Morgan fingerprint density at radius 1 is 1.07 bits per heavy atom. The summed E-state index contributed by atoms with van der Waals surface area (Å²) in [6.07, 6.45) is 1.73. The average Bonchev–Trinajstić information content (AvgIpc) is 3.31. The summed E-state index contributed by atoms with van der Waals surface area (Å²) < 4.78 is 25.0. The molecule has 5 rings (SSSR count). The van der Waals surface area contributed by atoms with E-state index in [9.17, 15) is 14.0 Å². The molecule has 1 fully saturated rings. The van der Waals surface area contributed by atoms with E-state index in [0.717, 1.165) is 12.8 Å². The molecule has 142 valence electrons. The molecule has 6 heteroatoms. The molecule has 0 aliphatic carbocycles. The molecule has 0 bridgehead atoms. The second-order valence-corrected chi connectivity index (χ2v) is 7.22. The van der Waals surface area contributed by atoms with Crippen molar-refractivity contribution in [3.05, 3.63) is 81.5 Å². The molecule has 0 saturated carbocycles. The number of nitrogens with zero attached hydrogens (tertiary/aromatic N) is 1. The van der Waals surface area contributed by atoms with E-state index >= 15 is 0 Å². The molecule has 28 heavy (non-hydrogen) atoms. The molecule has 2 aliphatic rings. The summed E-state index contributed by atoms with van der Waals surface area (Å²) in [4.78, 5) is 28.1.